The van der Waals surface area contributed by atoms with E-state index in [1.54, 1.807) is 14.0 Å². The fourth-order valence-corrected chi connectivity index (χ4v) is 1.12. The van der Waals surface area contributed by atoms with Crippen LogP contribution < -0.4 is 5.32 Å². The molecule has 0 aromatic carbocycles. The van der Waals surface area contributed by atoms with Gasteiger partial charge in [-0.25, -0.2) is 0 Å². The van der Waals surface area contributed by atoms with Gasteiger partial charge in [-0.3, -0.25) is 4.79 Å². The summed E-state index contributed by atoms with van der Waals surface area (Å²) in [5.74, 6) is -0.0792. The van der Waals surface area contributed by atoms with Crippen LogP contribution in [0.5, 0.6) is 0 Å². The van der Waals surface area contributed by atoms with Gasteiger partial charge in [-0.05, 0) is 26.2 Å². The molecule has 15 heavy (non-hydrogen) atoms. The monoisotopic (exact) mass is 212 g/mol. The van der Waals surface area contributed by atoms with Crippen LogP contribution >= 0.6 is 0 Å². The minimum absolute atomic E-state index is 0.0792. The zero-order valence-corrected chi connectivity index (χ0v) is 9.80. The molecule has 0 heterocycles. The lowest BCUT2D eigenvalue weighted by atomic mass is 10.0. The topological polar surface area (TPSA) is 62.1 Å². The van der Waals surface area contributed by atoms with Crippen LogP contribution in [0.3, 0.4) is 0 Å². The summed E-state index contributed by atoms with van der Waals surface area (Å²) in [7, 11) is 1.54. The smallest absolute Gasteiger partial charge is 0.251 e. The van der Waals surface area contributed by atoms with E-state index < -0.39 is 5.60 Å². The largest absolute Gasteiger partial charge is 0.369 e. The van der Waals surface area contributed by atoms with Crippen LogP contribution in [0.15, 0.2) is 0 Å². The number of hydrogen-bond donors (Lipinski definition) is 1. The second-order valence-corrected chi connectivity index (χ2v) is 3.66. The third-order valence-electron chi connectivity index (χ3n) is 2.61. The highest BCUT2D eigenvalue weighted by Gasteiger charge is 2.30. The second-order valence-electron chi connectivity index (χ2n) is 3.66. The molecule has 4 nitrogen and oxygen atoms in total. The number of methoxy groups -OCH3 is 1. The molecule has 0 aromatic heterocycles. The van der Waals surface area contributed by atoms with Gasteiger partial charge in [0.1, 0.15) is 5.60 Å². The van der Waals surface area contributed by atoms with E-state index in [1.807, 2.05) is 6.92 Å². The van der Waals surface area contributed by atoms with Crippen molar-refractivity contribution in [1.82, 2.24) is 5.32 Å². The summed E-state index contributed by atoms with van der Waals surface area (Å²) in [6.07, 6.45) is 2.86. The predicted octanol–water partition coefficient (Wildman–Crippen LogP) is 1.61. The van der Waals surface area contributed by atoms with Gasteiger partial charge >= 0.3 is 0 Å². The lowest BCUT2D eigenvalue weighted by Crippen LogP contribution is -2.45. The number of nitrogens with one attached hydrogen (secondary N) is 1. The molecule has 86 valence electrons. The predicted molar refractivity (Wildman–Crippen MR) is 58.2 cm³/mol. The van der Waals surface area contributed by atoms with Crippen molar-refractivity contribution in [2.24, 2.45) is 0 Å². The summed E-state index contributed by atoms with van der Waals surface area (Å²) < 4.78 is 5.16. The summed E-state index contributed by atoms with van der Waals surface area (Å²) in [5.41, 5.74) is -0.727. The Hall–Kier alpha value is -1.08. The van der Waals surface area contributed by atoms with Gasteiger partial charge in [-0.1, -0.05) is 6.92 Å². The van der Waals surface area contributed by atoms with Crippen LogP contribution in [0.1, 0.15) is 39.5 Å². The average molecular weight is 212 g/mol. The van der Waals surface area contributed by atoms with Gasteiger partial charge in [0.2, 0.25) is 0 Å². The van der Waals surface area contributed by atoms with E-state index in [0.29, 0.717) is 19.4 Å². The zero-order chi connectivity index (χ0) is 11.7. The minimum Gasteiger partial charge on any atom is -0.369 e. The van der Waals surface area contributed by atoms with Gasteiger partial charge in [0, 0.05) is 20.1 Å². The summed E-state index contributed by atoms with van der Waals surface area (Å²) in [4.78, 5) is 11.7. The molecule has 0 aliphatic rings. The molecular formula is C11H20N2O2. The lowest BCUT2D eigenvalue weighted by Gasteiger charge is -2.25. The first kappa shape index (κ1) is 13.9. The maximum Gasteiger partial charge on any atom is 0.251 e. The molecule has 1 amide bonds. The van der Waals surface area contributed by atoms with E-state index in [-0.39, 0.29) is 5.91 Å². The Morgan fingerprint density at radius 2 is 2.20 bits per heavy atom. The van der Waals surface area contributed by atoms with E-state index >= 15 is 0 Å². The Kier molecular flexibility index (Phi) is 6.72. The van der Waals surface area contributed by atoms with Gasteiger partial charge in [0.25, 0.3) is 5.91 Å². The van der Waals surface area contributed by atoms with Crippen molar-refractivity contribution in [3.8, 4) is 6.07 Å². The van der Waals surface area contributed by atoms with Crippen LogP contribution in [0, 0.1) is 11.3 Å². The van der Waals surface area contributed by atoms with Crippen molar-refractivity contribution < 1.29 is 9.53 Å². The third kappa shape index (κ3) is 4.80. The maximum atomic E-state index is 11.7. The molecule has 0 bridgehead atoms. The molecule has 0 radical (unpaired) electrons. The SMILES string of the molecule is CCC(C)(OC)C(=O)NCCCCC#N. The summed E-state index contributed by atoms with van der Waals surface area (Å²) in [5, 5.41) is 11.1. The highest BCUT2D eigenvalue weighted by atomic mass is 16.5. The molecule has 4 heteroatoms. The molecule has 0 aliphatic carbocycles. The first-order chi connectivity index (χ1) is 7.10. The van der Waals surface area contributed by atoms with Gasteiger partial charge in [-0.2, -0.15) is 5.26 Å². The number of unbranched alkanes of at least 4 members (excludes halogenated alkanes) is 2. The fraction of sp³-hybridized carbons (Fsp3) is 0.818. The van der Waals surface area contributed by atoms with Crippen molar-refractivity contribution >= 4 is 5.91 Å². The van der Waals surface area contributed by atoms with Crippen LogP contribution in [0.4, 0.5) is 0 Å². The number of amides is 1. The molecule has 0 fully saturated rings. The Balaban J connectivity index is 3.78. The number of rotatable bonds is 7. The molecular weight excluding hydrogens is 192 g/mol. The van der Waals surface area contributed by atoms with Crippen LogP contribution in [0.25, 0.3) is 0 Å². The fourth-order valence-electron chi connectivity index (χ4n) is 1.12. The van der Waals surface area contributed by atoms with E-state index in [1.165, 1.54) is 0 Å². The zero-order valence-electron chi connectivity index (χ0n) is 9.80. The molecule has 0 aliphatic heterocycles. The molecule has 1 unspecified atom stereocenters. The molecule has 0 rings (SSSR count). The van der Waals surface area contributed by atoms with Gasteiger partial charge < -0.3 is 10.1 Å². The first-order valence-corrected chi connectivity index (χ1v) is 5.31. The number of ether oxygens (including phenoxy) is 1. The van der Waals surface area contributed by atoms with E-state index in [4.69, 9.17) is 10.00 Å². The standard InChI is InChI=1S/C11H20N2O2/c1-4-11(2,15-3)10(14)13-9-7-5-6-8-12/h4-7,9H2,1-3H3,(H,13,14). The molecule has 0 spiro atoms. The van der Waals surface area contributed by atoms with Crippen molar-refractivity contribution in [1.29, 1.82) is 5.26 Å². The molecule has 1 atom stereocenters. The quantitative estimate of drug-likeness (QED) is 0.652. The molecule has 0 aromatic rings. The van der Waals surface area contributed by atoms with Crippen LogP contribution in [0.2, 0.25) is 0 Å². The molecule has 0 saturated carbocycles. The van der Waals surface area contributed by atoms with Gasteiger partial charge in [-0.15, -0.1) is 0 Å². The summed E-state index contributed by atoms with van der Waals surface area (Å²) >= 11 is 0. The Morgan fingerprint density at radius 1 is 1.53 bits per heavy atom. The lowest BCUT2D eigenvalue weighted by molar-refractivity contribution is -0.141. The summed E-state index contributed by atoms with van der Waals surface area (Å²) in [6.45, 7) is 4.30. The van der Waals surface area contributed by atoms with Crippen LogP contribution in [-0.2, 0) is 9.53 Å². The molecule has 0 saturated heterocycles. The number of carbonyl (C=O) groups excluding carboxylic acids is 1. The average Bonchev–Trinajstić information content (AvgIpc) is 2.27. The van der Waals surface area contributed by atoms with E-state index in [0.717, 1.165) is 12.8 Å². The summed E-state index contributed by atoms with van der Waals surface area (Å²) in [6, 6.07) is 2.07. The maximum absolute atomic E-state index is 11.7. The van der Waals surface area contributed by atoms with Crippen LogP contribution in [-0.4, -0.2) is 25.2 Å². The number of nitriles is 1. The Bertz CT molecular complexity index is 229. The second kappa shape index (κ2) is 7.24. The van der Waals surface area contributed by atoms with Gasteiger partial charge in [0.05, 0.1) is 6.07 Å². The van der Waals surface area contributed by atoms with E-state index in [9.17, 15) is 4.79 Å². The minimum atomic E-state index is -0.727. The molecule has 1 N–H and O–H groups in total. The van der Waals surface area contributed by atoms with Crippen molar-refractivity contribution in [2.45, 2.75) is 45.1 Å². The van der Waals surface area contributed by atoms with E-state index in [2.05, 4.69) is 11.4 Å². The number of carbonyl (C=O) groups is 1. The highest BCUT2D eigenvalue weighted by Crippen LogP contribution is 2.13. The van der Waals surface area contributed by atoms with Crippen molar-refractivity contribution in [3.05, 3.63) is 0 Å². The number of nitrogens with zero attached hydrogens (tertiary/aromatic N) is 1. The Morgan fingerprint density at radius 3 is 2.67 bits per heavy atom. The Labute approximate surface area is 91.6 Å². The third-order valence-corrected chi connectivity index (χ3v) is 2.61. The first-order valence-electron chi connectivity index (χ1n) is 5.31. The normalized spacial score (nSPS) is 14.0. The van der Waals surface area contributed by atoms with Crippen molar-refractivity contribution in [2.75, 3.05) is 13.7 Å². The van der Waals surface area contributed by atoms with Gasteiger partial charge in [0.15, 0.2) is 0 Å². The highest BCUT2D eigenvalue weighted by molar-refractivity contribution is 5.84. The number of hydrogen-bond acceptors (Lipinski definition) is 3. The van der Waals surface area contributed by atoms with Crippen molar-refractivity contribution in [3.63, 3.8) is 0 Å².